The van der Waals surface area contributed by atoms with Crippen molar-refractivity contribution in [3.8, 4) is 0 Å². The molecular formula is C17H21F2N3O. The van der Waals surface area contributed by atoms with Crippen LogP contribution in [0.3, 0.4) is 0 Å². The number of aromatic nitrogens is 2. The lowest BCUT2D eigenvalue weighted by molar-refractivity contribution is 0.0735. The number of alkyl halides is 2. The number of H-pyrrole nitrogens is 1. The quantitative estimate of drug-likeness (QED) is 0.944. The molecule has 4 nitrogen and oxygen atoms in total. The lowest BCUT2D eigenvalue weighted by Crippen LogP contribution is -2.38. The Morgan fingerprint density at radius 1 is 1.26 bits per heavy atom. The maximum Gasteiger partial charge on any atom is 0.326 e. The van der Waals surface area contributed by atoms with E-state index in [9.17, 15) is 13.6 Å². The van der Waals surface area contributed by atoms with Crippen molar-refractivity contribution in [2.24, 2.45) is 11.8 Å². The Bertz CT molecular complexity index is 773. The predicted octanol–water partition coefficient (Wildman–Crippen LogP) is 2.87. The lowest BCUT2D eigenvalue weighted by atomic mass is 10.0. The molecule has 2 aliphatic rings. The van der Waals surface area contributed by atoms with Crippen molar-refractivity contribution >= 4 is 11.0 Å². The highest BCUT2D eigenvalue weighted by atomic mass is 19.3. The van der Waals surface area contributed by atoms with Crippen LogP contribution >= 0.6 is 0 Å². The standard InChI is InChI=1S/C17H21F2N3O/c1-11-13(17(11,18)19)10-21-8-6-12(7-9-21)22-15-5-3-2-4-14(15)20-16(22)23/h2-5,11-13H,6-10H2,1H3,(H,20,23). The van der Waals surface area contributed by atoms with Crippen LogP contribution in [0.5, 0.6) is 0 Å². The highest BCUT2D eigenvalue weighted by Crippen LogP contribution is 2.55. The molecule has 23 heavy (non-hydrogen) atoms. The Morgan fingerprint density at radius 2 is 1.91 bits per heavy atom. The molecule has 0 bridgehead atoms. The molecule has 1 aromatic heterocycles. The Hall–Kier alpha value is -1.69. The fourth-order valence-corrected chi connectivity index (χ4v) is 3.92. The van der Waals surface area contributed by atoms with E-state index in [0.717, 1.165) is 37.0 Å². The van der Waals surface area contributed by atoms with Crippen molar-refractivity contribution in [3.05, 3.63) is 34.7 Å². The number of nitrogens with zero attached hydrogens (tertiary/aromatic N) is 2. The van der Waals surface area contributed by atoms with Crippen molar-refractivity contribution in [3.63, 3.8) is 0 Å². The fourth-order valence-electron chi connectivity index (χ4n) is 3.92. The van der Waals surface area contributed by atoms with E-state index in [-0.39, 0.29) is 11.7 Å². The van der Waals surface area contributed by atoms with Crippen LogP contribution in [-0.2, 0) is 0 Å². The molecular weight excluding hydrogens is 300 g/mol. The first-order valence-electron chi connectivity index (χ1n) is 8.28. The molecule has 4 rings (SSSR count). The van der Waals surface area contributed by atoms with Gasteiger partial charge in [0, 0.05) is 37.5 Å². The van der Waals surface area contributed by atoms with Crippen molar-refractivity contribution < 1.29 is 8.78 Å². The van der Waals surface area contributed by atoms with Gasteiger partial charge in [-0.05, 0) is 25.0 Å². The molecule has 2 unspecified atom stereocenters. The van der Waals surface area contributed by atoms with E-state index in [0.29, 0.717) is 6.54 Å². The number of imidazole rings is 1. The van der Waals surface area contributed by atoms with Gasteiger partial charge in [0.05, 0.1) is 11.0 Å². The number of piperidine rings is 1. The summed E-state index contributed by atoms with van der Waals surface area (Å²) < 4.78 is 28.6. The van der Waals surface area contributed by atoms with Gasteiger partial charge in [0.15, 0.2) is 0 Å². The second-order valence-electron chi connectivity index (χ2n) is 6.92. The van der Waals surface area contributed by atoms with E-state index < -0.39 is 17.8 Å². The number of para-hydroxylation sites is 2. The molecule has 1 aromatic carbocycles. The van der Waals surface area contributed by atoms with Gasteiger partial charge in [0.1, 0.15) is 0 Å². The van der Waals surface area contributed by atoms with E-state index in [1.165, 1.54) is 0 Å². The highest BCUT2D eigenvalue weighted by Gasteiger charge is 2.65. The molecule has 0 amide bonds. The minimum Gasteiger partial charge on any atom is -0.306 e. The van der Waals surface area contributed by atoms with E-state index in [1.807, 2.05) is 28.8 Å². The van der Waals surface area contributed by atoms with Crippen LogP contribution in [0.2, 0.25) is 0 Å². The van der Waals surface area contributed by atoms with Crippen molar-refractivity contribution in [1.82, 2.24) is 14.5 Å². The average Bonchev–Trinajstić information content (AvgIpc) is 2.87. The predicted molar refractivity (Wildman–Crippen MR) is 84.9 cm³/mol. The van der Waals surface area contributed by atoms with Gasteiger partial charge in [0.25, 0.3) is 5.92 Å². The second-order valence-corrected chi connectivity index (χ2v) is 6.92. The lowest BCUT2D eigenvalue weighted by Gasteiger charge is -2.32. The van der Waals surface area contributed by atoms with Crippen LogP contribution < -0.4 is 5.69 Å². The summed E-state index contributed by atoms with van der Waals surface area (Å²) in [6.07, 6.45) is 1.66. The molecule has 0 radical (unpaired) electrons. The zero-order valence-electron chi connectivity index (χ0n) is 13.1. The summed E-state index contributed by atoms with van der Waals surface area (Å²) in [6.45, 7) is 3.65. The SMILES string of the molecule is CC1C(CN2CCC(n3c(=O)[nH]c4ccccc43)CC2)C1(F)F. The number of hydrogen-bond acceptors (Lipinski definition) is 2. The van der Waals surface area contributed by atoms with Crippen LogP contribution in [0.25, 0.3) is 11.0 Å². The number of aromatic amines is 1. The summed E-state index contributed by atoms with van der Waals surface area (Å²) in [5.74, 6) is -3.46. The minimum atomic E-state index is -2.48. The summed E-state index contributed by atoms with van der Waals surface area (Å²) in [5.41, 5.74) is 1.71. The molecule has 0 spiro atoms. The Labute approximate surface area is 133 Å². The van der Waals surface area contributed by atoms with Crippen LogP contribution in [-0.4, -0.2) is 40.0 Å². The zero-order chi connectivity index (χ0) is 16.2. The number of halogens is 2. The first-order chi connectivity index (χ1) is 11.0. The van der Waals surface area contributed by atoms with E-state index >= 15 is 0 Å². The first-order valence-corrected chi connectivity index (χ1v) is 8.28. The van der Waals surface area contributed by atoms with E-state index in [4.69, 9.17) is 0 Å². The van der Waals surface area contributed by atoms with Crippen LogP contribution in [0.4, 0.5) is 8.78 Å². The van der Waals surface area contributed by atoms with Gasteiger partial charge in [0.2, 0.25) is 0 Å². The van der Waals surface area contributed by atoms with Gasteiger partial charge in [-0.2, -0.15) is 0 Å². The first kappa shape index (κ1) is 14.9. The van der Waals surface area contributed by atoms with Crippen LogP contribution in [0.15, 0.2) is 29.1 Å². The van der Waals surface area contributed by atoms with Gasteiger partial charge < -0.3 is 9.88 Å². The van der Waals surface area contributed by atoms with Gasteiger partial charge >= 0.3 is 5.69 Å². The molecule has 2 fully saturated rings. The van der Waals surface area contributed by atoms with E-state index in [1.54, 1.807) is 6.92 Å². The number of likely N-dealkylation sites (tertiary alicyclic amines) is 1. The number of hydrogen-bond donors (Lipinski definition) is 1. The molecule has 2 heterocycles. The molecule has 1 N–H and O–H groups in total. The van der Waals surface area contributed by atoms with Crippen molar-refractivity contribution in [2.45, 2.75) is 31.7 Å². The summed E-state index contributed by atoms with van der Waals surface area (Å²) in [4.78, 5) is 17.2. The van der Waals surface area contributed by atoms with Gasteiger partial charge in [-0.3, -0.25) is 4.57 Å². The third kappa shape index (κ3) is 2.40. The Morgan fingerprint density at radius 3 is 2.57 bits per heavy atom. The molecule has 6 heteroatoms. The van der Waals surface area contributed by atoms with Gasteiger partial charge in [-0.1, -0.05) is 19.1 Å². The van der Waals surface area contributed by atoms with Crippen LogP contribution in [0.1, 0.15) is 25.8 Å². The number of fused-ring (bicyclic) bond motifs is 1. The van der Waals surface area contributed by atoms with Crippen LogP contribution in [0, 0.1) is 11.8 Å². The van der Waals surface area contributed by atoms with Gasteiger partial charge in [-0.25, -0.2) is 13.6 Å². The molecule has 124 valence electrons. The maximum atomic E-state index is 13.4. The topological polar surface area (TPSA) is 41.0 Å². The number of benzene rings is 1. The average molecular weight is 321 g/mol. The van der Waals surface area contributed by atoms with Gasteiger partial charge in [-0.15, -0.1) is 0 Å². The van der Waals surface area contributed by atoms with Crippen molar-refractivity contribution in [2.75, 3.05) is 19.6 Å². The molecule has 2 aromatic rings. The normalized spacial score (nSPS) is 28.3. The third-order valence-corrected chi connectivity index (χ3v) is 5.60. The summed E-state index contributed by atoms with van der Waals surface area (Å²) >= 11 is 0. The summed E-state index contributed by atoms with van der Waals surface area (Å²) in [5, 5.41) is 0. The van der Waals surface area contributed by atoms with Crippen molar-refractivity contribution in [1.29, 1.82) is 0 Å². The molecule has 2 atom stereocenters. The molecule has 1 aliphatic carbocycles. The molecule has 1 saturated heterocycles. The third-order valence-electron chi connectivity index (χ3n) is 5.60. The minimum absolute atomic E-state index is 0.0769. The number of rotatable bonds is 3. The summed E-state index contributed by atoms with van der Waals surface area (Å²) in [7, 11) is 0. The van der Waals surface area contributed by atoms with E-state index in [2.05, 4.69) is 9.88 Å². The highest BCUT2D eigenvalue weighted by molar-refractivity contribution is 5.75. The molecule has 1 aliphatic heterocycles. The monoisotopic (exact) mass is 321 g/mol. The Balaban J connectivity index is 1.45. The second kappa shape index (κ2) is 5.16. The fraction of sp³-hybridized carbons (Fsp3) is 0.588. The zero-order valence-corrected chi connectivity index (χ0v) is 13.1. The summed E-state index contributed by atoms with van der Waals surface area (Å²) in [6, 6.07) is 7.83. The Kier molecular flexibility index (Phi) is 3.34. The largest absolute Gasteiger partial charge is 0.326 e. The molecule has 1 saturated carbocycles. The number of nitrogens with one attached hydrogen (secondary N) is 1. The maximum absolute atomic E-state index is 13.4. The smallest absolute Gasteiger partial charge is 0.306 e.